The molecule has 1 N–H and O–H groups in total. The number of para-hydroxylation sites is 1. The molecule has 2 aliphatic rings. The van der Waals surface area contributed by atoms with Crippen LogP contribution in [0.2, 0.25) is 0 Å². The van der Waals surface area contributed by atoms with Crippen molar-refractivity contribution in [3.63, 3.8) is 0 Å². The minimum Gasteiger partial charge on any atom is -0.475 e. The van der Waals surface area contributed by atoms with Gasteiger partial charge in [-0.25, -0.2) is 13.2 Å². The normalized spacial score (nSPS) is 16.9. The third-order valence-electron chi connectivity index (χ3n) is 6.27. The number of amides is 1. The number of likely N-dealkylation sites (tertiary alicyclic amines) is 1. The zero-order valence-electron chi connectivity index (χ0n) is 19.0. The number of anilines is 1. The Morgan fingerprint density at radius 1 is 1.09 bits per heavy atom. The lowest BCUT2D eigenvalue weighted by atomic mass is 9.74. The van der Waals surface area contributed by atoms with Gasteiger partial charge in [0.05, 0.1) is 17.9 Å². The number of carboxylic acid groups (broad SMARTS) is 1. The van der Waals surface area contributed by atoms with Crippen LogP contribution in [0.1, 0.15) is 31.0 Å². The Bertz CT molecular complexity index is 1160. The van der Waals surface area contributed by atoms with Crippen molar-refractivity contribution < 1.29 is 36.3 Å². The van der Waals surface area contributed by atoms with Crippen LogP contribution in [-0.2, 0) is 31.4 Å². The Morgan fingerprint density at radius 3 is 2.23 bits per heavy atom. The van der Waals surface area contributed by atoms with Crippen LogP contribution in [0, 0.1) is 0 Å². The molecule has 0 atom stereocenters. The number of piperidine rings is 1. The van der Waals surface area contributed by atoms with Gasteiger partial charge in [-0.1, -0.05) is 24.3 Å². The van der Waals surface area contributed by atoms with Crippen LogP contribution in [0.3, 0.4) is 0 Å². The van der Waals surface area contributed by atoms with Gasteiger partial charge >= 0.3 is 12.1 Å². The average molecular weight is 514 g/mol. The van der Waals surface area contributed by atoms with Crippen LogP contribution in [0.5, 0.6) is 0 Å². The number of hydrogen-bond donors (Lipinski definition) is 1. The second-order valence-electron chi connectivity index (χ2n) is 8.39. The number of fused-ring (bicyclic) bond motifs is 2. The molecule has 2 aliphatic heterocycles. The maximum atomic E-state index is 12.7. The van der Waals surface area contributed by atoms with Gasteiger partial charge in [-0.15, -0.1) is 0 Å². The van der Waals surface area contributed by atoms with Crippen molar-refractivity contribution >= 4 is 27.6 Å². The molecule has 0 saturated carbocycles. The maximum absolute atomic E-state index is 12.7. The third kappa shape index (κ3) is 5.92. The van der Waals surface area contributed by atoms with Crippen molar-refractivity contribution in [2.45, 2.75) is 37.8 Å². The molecule has 1 aromatic heterocycles. The zero-order chi connectivity index (χ0) is 25.9. The number of pyridine rings is 1. The Labute approximate surface area is 201 Å². The zero-order valence-corrected chi connectivity index (χ0v) is 19.8. The maximum Gasteiger partial charge on any atom is 0.490 e. The van der Waals surface area contributed by atoms with Gasteiger partial charge in [-0.3, -0.25) is 14.1 Å². The van der Waals surface area contributed by atoms with Crippen LogP contribution >= 0.6 is 0 Å². The van der Waals surface area contributed by atoms with Crippen LogP contribution in [0.15, 0.2) is 48.7 Å². The number of nitrogens with zero attached hydrogens (tertiary/aromatic N) is 3. The summed E-state index contributed by atoms with van der Waals surface area (Å²) >= 11 is 0. The van der Waals surface area contributed by atoms with E-state index in [1.807, 2.05) is 47.4 Å². The highest BCUT2D eigenvalue weighted by molar-refractivity contribution is 7.92. The molecule has 2 aromatic rings. The number of benzene rings is 1. The molecule has 190 valence electrons. The first-order chi connectivity index (χ1) is 16.4. The molecule has 1 spiro atoms. The predicted octanol–water partition coefficient (Wildman–Crippen LogP) is 2.99. The Kier molecular flexibility index (Phi) is 7.73. The largest absolute Gasteiger partial charge is 0.490 e. The van der Waals surface area contributed by atoms with Crippen LogP contribution < -0.4 is 4.31 Å². The summed E-state index contributed by atoms with van der Waals surface area (Å²) < 4.78 is 58.6. The summed E-state index contributed by atoms with van der Waals surface area (Å²) in [5.74, 6) is -2.59. The molecule has 3 heterocycles. The van der Waals surface area contributed by atoms with Gasteiger partial charge in [0.2, 0.25) is 15.9 Å². The number of carbonyl (C=O) groups is 2. The van der Waals surface area contributed by atoms with Crippen LogP contribution in [0.4, 0.5) is 18.9 Å². The van der Waals surface area contributed by atoms with Gasteiger partial charge in [-0.05, 0) is 43.5 Å². The van der Waals surface area contributed by atoms with Gasteiger partial charge < -0.3 is 10.0 Å². The van der Waals surface area contributed by atoms with E-state index >= 15 is 0 Å². The molecule has 0 aliphatic carbocycles. The summed E-state index contributed by atoms with van der Waals surface area (Å²) in [4.78, 5) is 27.7. The first-order valence-electron chi connectivity index (χ1n) is 11.0. The number of sulfonamides is 1. The lowest BCUT2D eigenvalue weighted by Crippen LogP contribution is -2.48. The van der Waals surface area contributed by atoms with E-state index in [0.29, 0.717) is 26.1 Å². The number of rotatable bonds is 4. The number of hydrogen-bond acceptors (Lipinski definition) is 5. The Hall–Kier alpha value is -3.15. The quantitative estimate of drug-likeness (QED) is 0.674. The van der Waals surface area contributed by atoms with Gasteiger partial charge in [0.25, 0.3) is 0 Å². The third-order valence-corrected chi connectivity index (χ3v) is 7.99. The first kappa shape index (κ1) is 26.5. The van der Waals surface area contributed by atoms with Gasteiger partial charge in [0.15, 0.2) is 0 Å². The van der Waals surface area contributed by atoms with Crippen molar-refractivity contribution in [2.75, 3.05) is 29.7 Å². The standard InChI is InChI=1S/C21H25N3O3S.C2HF3O2/c1-2-28(26,27)24-16-21(18-8-3-4-9-19(18)24)10-13-23(14-11-21)20(25)15-17-7-5-6-12-22-17;3-2(4,5)1(6)7/h3-9,12H,2,10-11,13-16H2,1H3;(H,6,7). The molecule has 1 fully saturated rings. The number of carbonyl (C=O) groups excluding carboxylic acids is 1. The van der Waals surface area contributed by atoms with Crippen LogP contribution in [0.25, 0.3) is 0 Å². The van der Waals surface area contributed by atoms with Crippen molar-refractivity contribution in [3.8, 4) is 0 Å². The lowest BCUT2D eigenvalue weighted by Gasteiger charge is -2.40. The van der Waals surface area contributed by atoms with Crippen LogP contribution in [-0.4, -0.2) is 66.8 Å². The number of carboxylic acids is 1. The minimum atomic E-state index is -5.08. The highest BCUT2D eigenvalue weighted by atomic mass is 32.2. The molecule has 0 unspecified atom stereocenters. The van der Waals surface area contributed by atoms with Gasteiger partial charge in [0.1, 0.15) is 0 Å². The molecule has 1 saturated heterocycles. The number of alkyl halides is 3. The van der Waals surface area contributed by atoms with Crippen molar-refractivity contribution in [1.29, 1.82) is 0 Å². The molecule has 35 heavy (non-hydrogen) atoms. The molecule has 8 nitrogen and oxygen atoms in total. The molecular formula is C23H26F3N3O5S. The van der Waals surface area contributed by atoms with Gasteiger partial charge in [-0.2, -0.15) is 13.2 Å². The fourth-order valence-electron chi connectivity index (χ4n) is 4.37. The average Bonchev–Trinajstić information content (AvgIpc) is 3.15. The van der Waals surface area contributed by atoms with E-state index in [1.54, 1.807) is 17.4 Å². The smallest absolute Gasteiger partial charge is 0.475 e. The van der Waals surface area contributed by atoms with E-state index in [4.69, 9.17) is 9.90 Å². The second kappa shape index (κ2) is 10.2. The van der Waals surface area contributed by atoms with E-state index in [9.17, 15) is 26.4 Å². The summed E-state index contributed by atoms with van der Waals surface area (Å²) in [6, 6.07) is 13.4. The summed E-state index contributed by atoms with van der Waals surface area (Å²) in [6.45, 7) is 3.44. The number of halogens is 3. The molecular weight excluding hydrogens is 487 g/mol. The van der Waals surface area contributed by atoms with E-state index in [-0.39, 0.29) is 17.1 Å². The fraction of sp³-hybridized carbons (Fsp3) is 0.435. The molecule has 4 rings (SSSR count). The highest BCUT2D eigenvalue weighted by Crippen LogP contribution is 2.48. The Morgan fingerprint density at radius 2 is 1.69 bits per heavy atom. The molecule has 1 aromatic carbocycles. The first-order valence-corrected chi connectivity index (χ1v) is 12.6. The fourth-order valence-corrected chi connectivity index (χ4v) is 5.58. The SMILES string of the molecule is CCS(=O)(=O)N1CC2(CCN(C(=O)Cc3ccccn3)CC2)c2ccccc21.O=C(O)C(F)(F)F. The second-order valence-corrected chi connectivity index (χ2v) is 10.6. The molecule has 12 heteroatoms. The van der Waals surface area contributed by atoms with Crippen molar-refractivity contribution in [2.24, 2.45) is 0 Å². The van der Waals surface area contributed by atoms with Crippen molar-refractivity contribution in [1.82, 2.24) is 9.88 Å². The number of aromatic nitrogens is 1. The molecule has 0 bridgehead atoms. The monoisotopic (exact) mass is 513 g/mol. The van der Waals surface area contributed by atoms with E-state index in [1.165, 1.54) is 0 Å². The molecule has 0 radical (unpaired) electrons. The summed E-state index contributed by atoms with van der Waals surface area (Å²) in [5.41, 5.74) is 2.47. The Balaban J connectivity index is 0.000000429. The van der Waals surface area contributed by atoms with E-state index in [2.05, 4.69) is 4.98 Å². The topological polar surface area (TPSA) is 108 Å². The summed E-state index contributed by atoms with van der Waals surface area (Å²) in [7, 11) is -3.31. The van der Waals surface area contributed by atoms with E-state index < -0.39 is 22.2 Å². The highest BCUT2D eigenvalue weighted by Gasteiger charge is 2.47. The number of aliphatic carboxylic acids is 1. The molecule has 1 amide bonds. The predicted molar refractivity (Wildman–Crippen MR) is 122 cm³/mol. The lowest BCUT2D eigenvalue weighted by molar-refractivity contribution is -0.192. The minimum absolute atomic E-state index is 0.0814. The van der Waals surface area contributed by atoms with E-state index in [0.717, 1.165) is 29.8 Å². The summed E-state index contributed by atoms with van der Waals surface area (Å²) in [6.07, 6.45) is -1.53. The van der Waals surface area contributed by atoms with Crippen molar-refractivity contribution in [3.05, 3.63) is 59.9 Å². The van der Waals surface area contributed by atoms with Gasteiger partial charge in [0, 0.05) is 36.9 Å². The summed E-state index contributed by atoms with van der Waals surface area (Å²) in [5, 5.41) is 7.12.